The van der Waals surface area contributed by atoms with Gasteiger partial charge in [-0.05, 0) is 53.8 Å². The molecule has 29 heavy (non-hydrogen) atoms. The number of fused-ring (bicyclic) bond motifs is 2. The zero-order chi connectivity index (χ0) is 20.6. The zero-order valence-corrected chi connectivity index (χ0v) is 15.3. The summed E-state index contributed by atoms with van der Waals surface area (Å²) in [5.74, 6) is -1.12. The highest BCUT2D eigenvalue weighted by Crippen LogP contribution is 2.54. The molecule has 1 aromatic carbocycles. The maximum absolute atomic E-state index is 13.2. The number of ketones is 1. The summed E-state index contributed by atoms with van der Waals surface area (Å²) < 4.78 is 55.7. The van der Waals surface area contributed by atoms with Gasteiger partial charge in [0.15, 0.2) is 17.3 Å². The Labute approximate surface area is 163 Å². The lowest BCUT2D eigenvalue weighted by molar-refractivity contribution is -0.188. The minimum absolute atomic E-state index is 0.0632. The van der Waals surface area contributed by atoms with Crippen molar-refractivity contribution in [2.45, 2.75) is 30.5 Å². The zero-order valence-electron chi connectivity index (χ0n) is 15.3. The lowest BCUT2D eigenvalue weighted by Gasteiger charge is -2.53. The van der Waals surface area contributed by atoms with Gasteiger partial charge >= 0.3 is 12.1 Å². The number of hydrogen-bond donors (Lipinski definition) is 0. The van der Waals surface area contributed by atoms with E-state index in [0.29, 0.717) is 17.1 Å². The Balaban J connectivity index is 1.71. The molecule has 6 nitrogen and oxygen atoms in total. The van der Waals surface area contributed by atoms with Gasteiger partial charge in [0.1, 0.15) is 0 Å². The molecule has 5 rings (SSSR count). The second-order valence-electron chi connectivity index (χ2n) is 7.48. The molecule has 4 aliphatic rings. The molecule has 2 atom stereocenters. The molecule has 2 heterocycles. The molecule has 1 fully saturated rings. The van der Waals surface area contributed by atoms with Gasteiger partial charge in [-0.25, -0.2) is 0 Å². The monoisotopic (exact) mass is 407 g/mol. The highest BCUT2D eigenvalue weighted by molar-refractivity contribution is 6.05. The van der Waals surface area contributed by atoms with E-state index in [4.69, 9.17) is 14.2 Å². The number of carbonyl (C=O) groups is 2. The van der Waals surface area contributed by atoms with Crippen molar-refractivity contribution in [3.63, 3.8) is 0 Å². The van der Waals surface area contributed by atoms with Crippen LogP contribution in [0.25, 0.3) is 0 Å². The number of likely N-dealkylation sites (tertiary alicyclic amines) is 1. The van der Waals surface area contributed by atoms with Gasteiger partial charge in [-0.3, -0.25) is 9.59 Å². The highest BCUT2D eigenvalue weighted by Gasteiger charge is 2.55. The van der Waals surface area contributed by atoms with Crippen molar-refractivity contribution in [3.8, 4) is 11.5 Å². The van der Waals surface area contributed by atoms with Gasteiger partial charge in [0, 0.05) is 12.0 Å². The average Bonchev–Trinajstić information content (AvgIpc) is 3.13. The summed E-state index contributed by atoms with van der Waals surface area (Å²) in [6.45, 7) is -0.0242. The summed E-state index contributed by atoms with van der Waals surface area (Å²) in [5.41, 5.74) is 1.25. The quantitative estimate of drug-likeness (QED) is 0.716. The van der Waals surface area contributed by atoms with Crippen LogP contribution in [0.4, 0.5) is 13.2 Å². The minimum atomic E-state index is -4.98. The standard InChI is InChI=1S/C20H16F3NO5/c1-27-17-8-19-2-3-24(18(26)20(21,22)23)13(12(19)6-14(17)25)4-10-5-15-16(7-11(10)19)29-9-28-15/h5-8,13H,2-4,9H2,1H3/t13-,19-/m1/s1. The van der Waals surface area contributed by atoms with Crippen LogP contribution in [0.5, 0.6) is 11.5 Å². The van der Waals surface area contributed by atoms with E-state index in [-0.39, 0.29) is 31.9 Å². The highest BCUT2D eigenvalue weighted by atomic mass is 19.4. The fourth-order valence-corrected chi connectivity index (χ4v) is 4.88. The Bertz CT molecular complexity index is 1010. The Morgan fingerprint density at radius 1 is 1.28 bits per heavy atom. The van der Waals surface area contributed by atoms with Crippen LogP contribution in [0.3, 0.4) is 0 Å². The molecule has 1 amide bonds. The van der Waals surface area contributed by atoms with E-state index in [2.05, 4.69) is 0 Å². The van der Waals surface area contributed by atoms with Crippen LogP contribution in [0.1, 0.15) is 17.5 Å². The minimum Gasteiger partial charge on any atom is -0.493 e. The van der Waals surface area contributed by atoms with E-state index in [9.17, 15) is 22.8 Å². The third-order valence-electron chi connectivity index (χ3n) is 6.12. The van der Waals surface area contributed by atoms with Gasteiger partial charge in [-0.15, -0.1) is 0 Å². The largest absolute Gasteiger partial charge is 0.493 e. The van der Waals surface area contributed by atoms with Gasteiger partial charge in [0.05, 0.1) is 13.2 Å². The van der Waals surface area contributed by atoms with E-state index in [1.807, 2.05) is 6.07 Å². The van der Waals surface area contributed by atoms with Gasteiger partial charge in [-0.1, -0.05) is 0 Å². The predicted molar refractivity (Wildman–Crippen MR) is 92.3 cm³/mol. The number of allylic oxidation sites excluding steroid dienone is 2. The molecule has 0 N–H and O–H groups in total. The molecular weight excluding hydrogens is 391 g/mol. The van der Waals surface area contributed by atoms with Crippen LogP contribution < -0.4 is 9.47 Å². The third kappa shape index (κ3) is 2.42. The molecule has 1 aromatic rings. The Morgan fingerprint density at radius 2 is 2.00 bits per heavy atom. The number of methoxy groups -OCH3 is 1. The maximum Gasteiger partial charge on any atom is 0.471 e. The first-order chi connectivity index (χ1) is 13.7. The smallest absolute Gasteiger partial charge is 0.471 e. The fraction of sp³-hybridized carbons (Fsp3) is 0.400. The number of nitrogens with zero attached hydrogens (tertiary/aromatic N) is 1. The van der Waals surface area contributed by atoms with Crippen molar-refractivity contribution in [3.05, 3.63) is 46.7 Å². The molecule has 0 spiro atoms. The van der Waals surface area contributed by atoms with Crippen LogP contribution in [0.15, 0.2) is 35.6 Å². The Kier molecular flexibility index (Phi) is 3.60. The van der Waals surface area contributed by atoms with E-state index >= 15 is 0 Å². The van der Waals surface area contributed by atoms with Crippen molar-refractivity contribution in [2.24, 2.45) is 0 Å². The van der Waals surface area contributed by atoms with Crippen LogP contribution in [-0.2, 0) is 26.2 Å². The molecule has 2 bridgehead atoms. The van der Waals surface area contributed by atoms with Crippen LogP contribution in [0.2, 0.25) is 0 Å². The molecular formula is C20H16F3NO5. The SMILES string of the molecule is COC1=C[C@]23CCN(C(=O)C(F)(F)F)[C@H](Cc4cc5c(cc42)OCO5)C3=CC1=O. The number of amides is 1. The van der Waals surface area contributed by atoms with Crippen molar-refractivity contribution in [1.82, 2.24) is 4.90 Å². The van der Waals surface area contributed by atoms with Gasteiger partial charge in [-0.2, -0.15) is 13.2 Å². The summed E-state index contributed by atoms with van der Waals surface area (Å²) in [4.78, 5) is 25.4. The second-order valence-corrected chi connectivity index (χ2v) is 7.48. The van der Waals surface area contributed by atoms with E-state index < -0.39 is 29.3 Å². The first kappa shape index (κ1) is 18.1. The molecule has 0 aromatic heterocycles. The number of benzene rings is 1. The first-order valence-corrected chi connectivity index (χ1v) is 9.08. The number of carbonyl (C=O) groups excluding carboxylic acids is 2. The Hall–Kier alpha value is -2.97. The van der Waals surface area contributed by atoms with E-state index in [1.165, 1.54) is 13.2 Å². The molecule has 2 aliphatic heterocycles. The number of halogens is 3. The molecule has 9 heteroatoms. The molecule has 0 radical (unpaired) electrons. The Morgan fingerprint density at radius 3 is 2.69 bits per heavy atom. The topological polar surface area (TPSA) is 65.1 Å². The number of rotatable bonds is 1. The molecule has 1 saturated heterocycles. The van der Waals surface area contributed by atoms with Crippen LogP contribution in [-0.4, -0.2) is 49.3 Å². The molecule has 152 valence electrons. The normalized spacial score (nSPS) is 27.0. The number of piperidine rings is 1. The molecule has 0 saturated carbocycles. The molecule has 2 aliphatic carbocycles. The molecule has 0 unspecified atom stereocenters. The summed E-state index contributed by atoms with van der Waals surface area (Å²) >= 11 is 0. The number of ether oxygens (including phenoxy) is 3. The third-order valence-corrected chi connectivity index (χ3v) is 6.12. The van der Waals surface area contributed by atoms with Crippen LogP contribution >= 0.6 is 0 Å². The van der Waals surface area contributed by atoms with Crippen molar-refractivity contribution >= 4 is 11.7 Å². The second kappa shape index (κ2) is 5.77. The number of alkyl halides is 3. The van der Waals surface area contributed by atoms with Gasteiger partial charge in [0.25, 0.3) is 0 Å². The predicted octanol–water partition coefficient (Wildman–Crippen LogP) is 2.41. The summed E-state index contributed by atoms with van der Waals surface area (Å²) in [6.07, 6.45) is -1.63. The van der Waals surface area contributed by atoms with E-state index in [1.54, 1.807) is 12.1 Å². The van der Waals surface area contributed by atoms with Crippen molar-refractivity contribution < 1.29 is 37.0 Å². The first-order valence-electron chi connectivity index (χ1n) is 9.08. The van der Waals surface area contributed by atoms with Crippen molar-refractivity contribution in [1.29, 1.82) is 0 Å². The van der Waals surface area contributed by atoms with Crippen molar-refractivity contribution in [2.75, 3.05) is 20.4 Å². The fourth-order valence-electron chi connectivity index (χ4n) is 4.88. The number of hydrogen-bond acceptors (Lipinski definition) is 5. The van der Waals surface area contributed by atoms with E-state index in [0.717, 1.165) is 16.0 Å². The lowest BCUT2D eigenvalue weighted by Crippen LogP contribution is -2.59. The van der Waals surface area contributed by atoms with Gasteiger partial charge < -0.3 is 19.1 Å². The summed E-state index contributed by atoms with van der Waals surface area (Å²) in [5, 5.41) is 0. The van der Waals surface area contributed by atoms with Gasteiger partial charge in [0.2, 0.25) is 12.6 Å². The summed E-state index contributed by atoms with van der Waals surface area (Å²) in [6, 6.07) is 2.70. The average molecular weight is 407 g/mol. The summed E-state index contributed by atoms with van der Waals surface area (Å²) in [7, 11) is 1.38. The van der Waals surface area contributed by atoms with Crippen LogP contribution in [0, 0.1) is 0 Å². The lowest BCUT2D eigenvalue weighted by atomic mass is 9.58. The maximum atomic E-state index is 13.2.